The van der Waals surface area contributed by atoms with Crippen LogP contribution in [0.25, 0.3) is 0 Å². The van der Waals surface area contributed by atoms with E-state index in [1.54, 1.807) is 6.92 Å². The molecule has 0 bridgehead atoms. The van der Waals surface area contributed by atoms with E-state index in [1.807, 2.05) is 6.92 Å². The highest BCUT2D eigenvalue weighted by atomic mass is 127. The minimum absolute atomic E-state index is 0. The number of nitrogens with zero attached hydrogens (tertiary/aromatic N) is 3. The van der Waals surface area contributed by atoms with E-state index in [4.69, 9.17) is 4.52 Å². The molecule has 0 radical (unpaired) electrons. The van der Waals surface area contributed by atoms with Gasteiger partial charge in [-0.05, 0) is 39.0 Å². The van der Waals surface area contributed by atoms with Crippen molar-refractivity contribution in [2.45, 2.75) is 71.0 Å². The first kappa shape index (κ1) is 20.9. The van der Waals surface area contributed by atoms with Crippen LogP contribution in [0, 0.1) is 12.8 Å². The summed E-state index contributed by atoms with van der Waals surface area (Å²) in [6.07, 6.45) is 6.21. The van der Waals surface area contributed by atoms with Gasteiger partial charge in [0.2, 0.25) is 11.8 Å². The number of rotatable bonds is 6. The average Bonchev–Trinajstić information content (AvgIpc) is 3.32. The number of aromatic nitrogens is 2. The lowest BCUT2D eigenvalue weighted by atomic mass is 9.85. The maximum Gasteiger partial charge on any atom is 0.223 e. The monoisotopic (exact) mass is 476 g/mol. The number of carbonyl (C=O) groups is 1. The summed E-state index contributed by atoms with van der Waals surface area (Å²) in [7, 11) is 0. The van der Waals surface area contributed by atoms with E-state index >= 15 is 0 Å². The lowest BCUT2D eigenvalue weighted by Crippen LogP contribution is -2.47. The van der Waals surface area contributed by atoms with Crippen LogP contribution >= 0.6 is 24.0 Å². The molecule has 1 aromatic rings. The average molecular weight is 476 g/mol. The quantitative estimate of drug-likeness (QED) is 0.329. The highest BCUT2D eigenvalue weighted by molar-refractivity contribution is 14.0. The van der Waals surface area contributed by atoms with Gasteiger partial charge in [0.25, 0.3) is 0 Å². The fourth-order valence-corrected chi connectivity index (χ4v) is 3.17. The number of nitrogens with one attached hydrogen (secondary N) is 3. The van der Waals surface area contributed by atoms with Gasteiger partial charge >= 0.3 is 0 Å². The summed E-state index contributed by atoms with van der Waals surface area (Å²) >= 11 is 0. The van der Waals surface area contributed by atoms with E-state index in [0.717, 1.165) is 51.0 Å². The van der Waals surface area contributed by atoms with Crippen LogP contribution in [0.2, 0.25) is 0 Å². The fraction of sp³-hybridized carbons (Fsp3) is 0.765. The number of amides is 1. The topological polar surface area (TPSA) is 104 Å². The molecule has 1 amide bonds. The Hall–Kier alpha value is -1.39. The van der Waals surface area contributed by atoms with Crippen molar-refractivity contribution in [2.75, 3.05) is 6.54 Å². The molecule has 2 unspecified atom stereocenters. The lowest BCUT2D eigenvalue weighted by Gasteiger charge is -2.30. The van der Waals surface area contributed by atoms with Gasteiger partial charge in [0.1, 0.15) is 6.54 Å². The van der Waals surface area contributed by atoms with E-state index in [9.17, 15) is 4.79 Å². The molecule has 2 aliphatic carbocycles. The van der Waals surface area contributed by atoms with Gasteiger partial charge in [0.15, 0.2) is 11.8 Å². The van der Waals surface area contributed by atoms with Gasteiger partial charge in [0, 0.05) is 31.5 Å². The number of hydrogen-bond donors (Lipinski definition) is 3. The summed E-state index contributed by atoms with van der Waals surface area (Å²) in [6, 6.07) is 0.687. The van der Waals surface area contributed by atoms with Gasteiger partial charge in [-0.2, -0.15) is 4.98 Å². The summed E-state index contributed by atoms with van der Waals surface area (Å²) in [6.45, 7) is 4.93. The molecule has 0 saturated heterocycles. The van der Waals surface area contributed by atoms with Crippen molar-refractivity contribution in [2.24, 2.45) is 10.9 Å². The van der Waals surface area contributed by atoms with E-state index < -0.39 is 0 Å². The summed E-state index contributed by atoms with van der Waals surface area (Å²) in [4.78, 5) is 21.0. The molecule has 26 heavy (non-hydrogen) atoms. The Morgan fingerprint density at radius 3 is 2.69 bits per heavy atom. The second kappa shape index (κ2) is 10.1. The lowest BCUT2D eigenvalue weighted by molar-refractivity contribution is -0.126. The van der Waals surface area contributed by atoms with Crippen molar-refractivity contribution in [3.8, 4) is 0 Å². The number of hydrogen-bond acceptors (Lipinski definition) is 5. The Morgan fingerprint density at radius 1 is 1.23 bits per heavy atom. The number of aryl methyl sites for hydroxylation is 1. The minimum atomic E-state index is 0. The van der Waals surface area contributed by atoms with Crippen LogP contribution in [0.5, 0.6) is 0 Å². The molecule has 0 aliphatic heterocycles. The van der Waals surface area contributed by atoms with E-state index in [0.29, 0.717) is 24.3 Å². The van der Waals surface area contributed by atoms with Gasteiger partial charge in [-0.1, -0.05) is 11.6 Å². The standard InChI is InChI=1S/C17H28N6O2.HI/c1-3-18-17(19-10-15-20-11(2)25-23-15)22-14-6-4-5-12(9-14)16(24)21-13-7-8-13;/h12-14H,3-10H2,1-2H3,(H,21,24)(H2,18,19,22);1H. The molecule has 2 atom stereocenters. The highest BCUT2D eigenvalue weighted by Crippen LogP contribution is 2.26. The number of guanidine groups is 1. The Kier molecular flexibility index (Phi) is 8.11. The molecule has 146 valence electrons. The zero-order valence-corrected chi connectivity index (χ0v) is 17.8. The van der Waals surface area contributed by atoms with Crippen LogP contribution in [0.15, 0.2) is 9.52 Å². The SMILES string of the molecule is CCNC(=NCc1noc(C)n1)NC1CCCC(C(=O)NC2CC2)C1.I. The second-order valence-electron chi connectivity index (χ2n) is 6.91. The molecule has 0 spiro atoms. The van der Waals surface area contributed by atoms with Crippen molar-refractivity contribution < 1.29 is 9.32 Å². The molecule has 8 nitrogen and oxygen atoms in total. The summed E-state index contributed by atoms with van der Waals surface area (Å²) < 4.78 is 4.97. The van der Waals surface area contributed by atoms with Crippen LogP contribution in [0.4, 0.5) is 0 Å². The Labute approximate surface area is 171 Å². The zero-order valence-electron chi connectivity index (χ0n) is 15.5. The first-order chi connectivity index (χ1) is 12.1. The highest BCUT2D eigenvalue weighted by Gasteiger charge is 2.31. The van der Waals surface area contributed by atoms with Crippen molar-refractivity contribution in [3.05, 3.63) is 11.7 Å². The van der Waals surface area contributed by atoms with Crippen molar-refractivity contribution >= 4 is 35.8 Å². The third-order valence-corrected chi connectivity index (χ3v) is 4.60. The molecule has 3 rings (SSSR count). The molecule has 2 fully saturated rings. The van der Waals surface area contributed by atoms with E-state index in [1.165, 1.54) is 0 Å². The Balaban J connectivity index is 0.00000243. The van der Waals surface area contributed by atoms with Crippen molar-refractivity contribution in [1.82, 2.24) is 26.1 Å². The molecule has 2 saturated carbocycles. The van der Waals surface area contributed by atoms with Crippen LogP contribution in [-0.2, 0) is 11.3 Å². The Morgan fingerprint density at radius 2 is 2.04 bits per heavy atom. The molecule has 1 aromatic heterocycles. The first-order valence-corrected chi connectivity index (χ1v) is 9.28. The minimum Gasteiger partial charge on any atom is -0.357 e. The van der Waals surface area contributed by atoms with Crippen molar-refractivity contribution in [1.29, 1.82) is 0 Å². The van der Waals surface area contributed by atoms with Gasteiger partial charge in [-0.25, -0.2) is 4.99 Å². The second-order valence-corrected chi connectivity index (χ2v) is 6.91. The largest absolute Gasteiger partial charge is 0.357 e. The number of halogens is 1. The van der Waals surface area contributed by atoms with Crippen LogP contribution in [0.3, 0.4) is 0 Å². The molecule has 1 heterocycles. The van der Waals surface area contributed by atoms with Gasteiger partial charge in [-0.15, -0.1) is 24.0 Å². The van der Waals surface area contributed by atoms with Crippen molar-refractivity contribution in [3.63, 3.8) is 0 Å². The first-order valence-electron chi connectivity index (χ1n) is 9.28. The van der Waals surface area contributed by atoms with Gasteiger partial charge in [-0.3, -0.25) is 4.79 Å². The van der Waals surface area contributed by atoms with Crippen LogP contribution < -0.4 is 16.0 Å². The number of carbonyl (C=O) groups excluding carboxylic acids is 1. The maximum absolute atomic E-state index is 12.3. The third-order valence-electron chi connectivity index (χ3n) is 4.60. The normalized spacial score (nSPS) is 23.1. The predicted octanol–water partition coefficient (Wildman–Crippen LogP) is 1.89. The summed E-state index contributed by atoms with van der Waals surface area (Å²) in [5.41, 5.74) is 0. The summed E-state index contributed by atoms with van der Waals surface area (Å²) in [5, 5.41) is 13.7. The molecular formula is C17H29IN6O2. The zero-order chi connectivity index (χ0) is 17.6. The smallest absolute Gasteiger partial charge is 0.223 e. The third kappa shape index (κ3) is 6.40. The molecule has 2 aliphatic rings. The van der Waals surface area contributed by atoms with Gasteiger partial charge < -0.3 is 20.5 Å². The Bertz CT molecular complexity index is 616. The fourth-order valence-electron chi connectivity index (χ4n) is 3.17. The van der Waals surface area contributed by atoms with E-state index in [-0.39, 0.29) is 41.8 Å². The molecule has 0 aromatic carbocycles. The summed E-state index contributed by atoms with van der Waals surface area (Å²) in [5.74, 6) is 2.17. The predicted molar refractivity (Wildman–Crippen MR) is 109 cm³/mol. The maximum atomic E-state index is 12.3. The molecule has 3 N–H and O–H groups in total. The molecular weight excluding hydrogens is 447 g/mol. The van der Waals surface area contributed by atoms with Crippen LogP contribution in [0.1, 0.15) is 57.2 Å². The number of aliphatic imine (C=N–C) groups is 1. The molecule has 9 heteroatoms. The van der Waals surface area contributed by atoms with Crippen LogP contribution in [-0.4, -0.2) is 40.6 Å². The van der Waals surface area contributed by atoms with Gasteiger partial charge in [0.05, 0.1) is 0 Å². The van der Waals surface area contributed by atoms with E-state index in [2.05, 4.69) is 31.1 Å².